The van der Waals surface area contributed by atoms with E-state index in [1.165, 1.54) is 10.4 Å². The average molecular weight is 255 g/mol. The first-order chi connectivity index (χ1) is 8.76. The van der Waals surface area contributed by atoms with Gasteiger partial charge in [-0.2, -0.15) is 0 Å². The van der Waals surface area contributed by atoms with Crippen LogP contribution in [0.1, 0.15) is 5.69 Å². The first-order valence-corrected chi connectivity index (χ1v) is 6.59. The van der Waals surface area contributed by atoms with Gasteiger partial charge in [0.05, 0.1) is 10.4 Å². The van der Waals surface area contributed by atoms with Crippen molar-refractivity contribution in [2.24, 2.45) is 0 Å². The van der Waals surface area contributed by atoms with Crippen LogP contribution in [-0.2, 0) is 0 Å². The fourth-order valence-electron chi connectivity index (χ4n) is 1.90. The maximum absolute atomic E-state index is 4.51. The number of fused-ring (bicyclic) bond motifs is 1. The van der Waals surface area contributed by atoms with Gasteiger partial charge in [0.25, 0.3) is 0 Å². The summed E-state index contributed by atoms with van der Waals surface area (Å²) >= 11 is 1.66. The van der Waals surface area contributed by atoms with E-state index in [9.17, 15) is 0 Å². The lowest BCUT2D eigenvalue weighted by Gasteiger charge is -2.01. The Balaban J connectivity index is 2.10. The molecule has 90 valence electrons. The molecule has 0 spiro atoms. The largest absolute Gasteiger partial charge is 0.365 e. The van der Waals surface area contributed by atoms with E-state index in [2.05, 4.69) is 39.6 Å². The number of nitrogens with zero attached hydrogens (tertiary/aromatic N) is 2. The first-order valence-electron chi connectivity index (χ1n) is 5.77. The Morgan fingerprint density at radius 2 is 2.06 bits per heavy atom. The molecular formula is C14H13N3S. The van der Waals surface area contributed by atoms with E-state index in [4.69, 9.17) is 0 Å². The monoisotopic (exact) mass is 255 g/mol. The predicted octanol–water partition coefficient (Wildman–Crippen LogP) is 3.71. The highest BCUT2D eigenvalue weighted by molar-refractivity contribution is 7.18. The number of pyridine rings is 1. The van der Waals surface area contributed by atoms with Crippen LogP contribution in [0, 0.1) is 6.92 Å². The number of rotatable bonds is 2. The third kappa shape index (κ3) is 1.95. The van der Waals surface area contributed by atoms with Crippen LogP contribution < -0.4 is 5.32 Å². The number of aryl methyl sites for hydroxylation is 1. The number of hydrogen-bond donors (Lipinski definition) is 1. The third-order valence-electron chi connectivity index (χ3n) is 2.83. The maximum atomic E-state index is 4.51. The maximum Gasteiger partial charge on any atom is 0.182 e. The summed E-state index contributed by atoms with van der Waals surface area (Å²) in [6, 6.07) is 10.5. The molecule has 0 fully saturated rings. The van der Waals surface area contributed by atoms with Crippen LogP contribution in [-0.4, -0.2) is 17.0 Å². The van der Waals surface area contributed by atoms with Crippen LogP contribution in [0.4, 0.5) is 5.13 Å². The molecule has 3 nitrogen and oxygen atoms in total. The minimum atomic E-state index is 0.937. The molecule has 0 aliphatic carbocycles. The van der Waals surface area contributed by atoms with E-state index in [-0.39, 0.29) is 0 Å². The highest BCUT2D eigenvalue weighted by Crippen LogP contribution is 2.30. The summed E-state index contributed by atoms with van der Waals surface area (Å²) in [6.07, 6.45) is 1.90. The molecule has 2 aromatic heterocycles. The SMILES string of the molecule is CNc1ncc(-c2ccc3nc(C)ccc3c2)s1. The van der Waals surface area contributed by atoms with Crippen molar-refractivity contribution in [1.29, 1.82) is 0 Å². The minimum Gasteiger partial charge on any atom is -0.365 e. The molecule has 0 unspecified atom stereocenters. The summed E-state index contributed by atoms with van der Waals surface area (Å²) in [5.41, 5.74) is 3.27. The Hall–Kier alpha value is -1.94. The van der Waals surface area contributed by atoms with Gasteiger partial charge in [0.1, 0.15) is 0 Å². The molecule has 2 heterocycles. The summed E-state index contributed by atoms with van der Waals surface area (Å²) in [6.45, 7) is 2.01. The summed E-state index contributed by atoms with van der Waals surface area (Å²) in [5, 5.41) is 5.16. The molecule has 1 N–H and O–H groups in total. The molecule has 0 bridgehead atoms. The van der Waals surface area contributed by atoms with Gasteiger partial charge in [0.15, 0.2) is 5.13 Å². The van der Waals surface area contributed by atoms with Crippen LogP contribution in [0.5, 0.6) is 0 Å². The Labute approximate surface area is 110 Å². The lowest BCUT2D eigenvalue weighted by Crippen LogP contribution is -1.83. The van der Waals surface area contributed by atoms with Crippen LogP contribution in [0.15, 0.2) is 36.5 Å². The second-order valence-corrected chi connectivity index (χ2v) is 5.17. The van der Waals surface area contributed by atoms with Crippen LogP contribution in [0.3, 0.4) is 0 Å². The molecule has 0 aliphatic heterocycles. The standard InChI is InChI=1S/C14H13N3S/c1-9-3-4-10-7-11(5-6-12(10)17-9)13-8-16-14(15-2)18-13/h3-8H,1-2H3,(H,15,16). The van der Waals surface area contributed by atoms with Crippen molar-refractivity contribution >= 4 is 27.4 Å². The van der Waals surface area contributed by atoms with Gasteiger partial charge in [-0.05, 0) is 30.7 Å². The first kappa shape index (κ1) is 11.2. The van der Waals surface area contributed by atoms with Crippen molar-refractivity contribution in [2.75, 3.05) is 12.4 Å². The van der Waals surface area contributed by atoms with E-state index in [0.717, 1.165) is 21.7 Å². The van der Waals surface area contributed by atoms with E-state index in [0.29, 0.717) is 0 Å². The zero-order chi connectivity index (χ0) is 12.5. The summed E-state index contributed by atoms with van der Waals surface area (Å²) in [4.78, 5) is 9.97. The highest BCUT2D eigenvalue weighted by Gasteiger charge is 2.04. The Kier molecular flexibility index (Phi) is 2.72. The minimum absolute atomic E-state index is 0.937. The number of benzene rings is 1. The highest BCUT2D eigenvalue weighted by atomic mass is 32.1. The third-order valence-corrected chi connectivity index (χ3v) is 3.90. The molecule has 0 saturated heterocycles. The quantitative estimate of drug-likeness (QED) is 0.758. The normalized spacial score (nSPS) is 10.8. The molecule has 0 radical (unpaired) electrons. The topological polar surface area (TPSA) is 37.8 Å². The second-order valence-electron chi connectivity index (χ2n) is 4.14. The number of anilines is 1. The molecule has 18 heavy (non-hydrogen) atoms. The molecule has 0 saturated carbocycles. The number of hydrogen-bond acceptors (Lipinski definition) is 4. The molecule has 3 aromatic rings. The van der Waals surface area contributed by atoms with Gasteiger partial charge in [0, 0.05) is 24.3 Å². The van der Waals surface area contributed by atoms with Crippen molar-refractivity contribution in [3.63, 3.8) is 0 Å². The van der Waals surface area contributed by atoms with E-state index >= 15 is 0 Å². The molecule has 4 heteroatoms. The predicted molar refractivity (Wildman–Crippen MR) is 77.1 cm³/mol. The molecule has 1 aromatic carbocycles. The fraction of sp³-hybridized carbons (Fsp3) is 0.143. The van der Waals surface area contributed by atoms with Crippen molar-refractivity contribution in [3.05, 3.63) is 42.2 Å². The van der Waals surface area contributed by atoms with Crippen molar-refractivity contribution < 1.29 is 0 Å². The average Bonchev–Trinajstić information content (AvgIpc) is 2.87. The molecule has 0 atom stereocenters. The smallest absolute Gasteiger partial charge is 0.182 e. The van der Waals surface area contributed by atoms with Crippen LogP contribution >= 0.6 is 11.3 Å². The van der Waals surface area contributed by atoms with Crippen molar-refractivity contribution in [2.45, 2.75) is 6.92 Å². The molecule has 0 amide bonds. The van der Waals surface area contributed by atoms with Gasteiger partial charge in [-0.1, -0.05) is 23.5 Å². The molecular weight excluding hydrogens is 242 g/mol. The fourth-order valence-corrected chi connectivity index (χ4v) is 2.67. The van der Waals surface area contributed by atoms with Gasteiger partial charge in [0.2, 0.25) is 0 Å². The lowest BCUT2D eigenvalue weighted by molar-refractivity contribution is 1.26. The van der Waals surface area contributed by atoms with Crippen molar-refractivity contribution in [3.8, 4) is 10.4 Å². The van der Waals surface area contributed by atoms with E-state index in [1.54, 1.807) is 11.3 Å². The second kappa shape index (κ2) is 4.38. The summed E-state index contributed by atoms with van der Waals surface area (Å²) in [5.74, 6) is 0. The summed E-state index contributed by atoms with van der Waals surface area (Å²) < 4.78 is 0. The number of aromatic nitrogens is 2. The summed E-state index contributed by atoms with van der Waals surface area (Å²) in [7, 11) is 1.88. The lowest BCUT2D eigenvalue weighted by atomic mass is 10.1. The van der Waals surface area contributed by atoms with Gasteiger partial charge in [-0.15, -0.1) is 0 Å². The van der Waals surface area contributed by atoms with Crippen molar-refractivity contribution in [1.82, 2.24) is 9.97 Å². The number of nitrogens with one attached hydrogen (secondary N) is 1. The molecule has 3 rings (SSSR count). The van der Waals surface area contributed by atoms with E-state index in [1.807, 2.05) is 26.2 Å². The van der Waals surface area contributed by atoms with Crippen LogP contribution in [0.25, 0.3) is 21.3 Å². The van der Waals surface area contributed by atoms with Gasteiger partial charge >= 0.3 is 0 Å². The Morgan fingerprint density at radius 3 is 2.83 bits per heavy atom. The zero-order valence-corrected chi connectivity index (χ0v) is 11.1. The van der Waals surface area contributed by atoms with E-state index < -0.39 is 0 Å². The molecule has 0 aliphatic rings. The Morgan fingerprint density at radius 1 is 1.17 bits per heavy atom. The van der Waals surface area contributed by atoms with Gasteiger partial charge in [-0.25, -0.2) is 4.98 Å². The number of thiazole rings is 1. The van der Waals surface area contributed by atoms with Crippen LogP contribution in [0.2, 0.25) is 0 Å². The Bertz CT molecular complexity index is 703. The zero-order valence-electron chi connectivity index (χ0n) is 10.3. The van der Waals surface area contributed by atoms with Gasteiger partial charge < -0.3 is 5.32 Å². The van der Waals surface area contributed by atoms with Gasteiger partial charge in [-0.3, -0.25) is 4.98 Å².